The van der Waals surface area contributed by atoms with Crippen molar-refractivity contribution in [3.8, 4) is 11.4 Å². The van der Waals surface area contributed by atoms with Gasteiger partial charge in [-0.1, -0.05) is 0 Å². The number of imidazole rings is 1. The molecule has 1 aliphatic rings. The predicted octanol–water partition coefficient (Wildman–Crippen LogP) is 1.99. The molecule has 0 spiro atoms. The quantitative estimate of drug-likeness (QED) is 0.381. The number of aromatic nitrogens is 5. The smallest absolute Gasteiger partial charge is 0.251 e. The van der Waals surface area contributed by atoms with E-state index in [1.807, 2.05) is 35.5 Å². The highest BCUT2D eigenvalue weighted by Gasteiger charge is 2.27. The lowest BCUT2D eigenvalue weighted by atomic mass is 10.1. The van der Waals surface area contributed by atoms with E-state index in [9.17, 15) is 9.90 Å². The van der Waals surface area contributed by atoms with Crippen LogP contribution in [-0.4, -0.2) is 68.5 Å². The summed E-state index contributed by atoms with van der Waals surface area (Å²) in [7, 11) is 3.15. The van der Waals surface area contributed by atoms with E-state index in [0.29, 0.717) is 28.9 Å². The molecular weight excluding hydrogens is 436 g/mol. The van der Waals surface area contributed by atoms with Crippen molar-refractivity contribution in [2.75, 3.05) is 37.5 Å². The number of methoxy groups -OCH3 is 1. The van der Waals surface area contributed by atoms with Crippen molar-refractivity contribution in [1.82, 2.24) is 29.5 Å². The van der Waals surface area contributed by atoms with Crippen LogP contribution in [0.5, 0.6) is 5.75 Å². The highest BCUT2D eigenvalue weighted by Crippen LogP contribution is 2.27. The Hall–Kier alpha value is -4.12. The molecule has 1 atom stereocenters. The minimum atomic E-state index is -0.203. The molecule has 0 radical (unpaired) electrons. The molecule has 1 amide bonds. The number of nitrogens with one attached hydrogen (secondary N) is 2. The summed E-state index contributed by atoms with van der Waals surface area (Å²) in [6.07, 6.45) is 7.24. The van der Waals surface area contributed by atoms with E-state index in [2.05, 4.69) is 20.7 Å². The van der Waals surface area contributed by atoms with Gasteiger partial charge in [-0.2, -0.15) is 4.98 Å². The first kappa shape index (κ1) is 21.7. The van der Waals surface area contributed by atoms with Gasteiger partial charge in [-0.25, -0.2) is 9.50 Å². The van der Waals surface area contributed by atoms with Crippen LogP contribution in [0.4, 0.5) is 17.6 Å². The number of hydrogen-bond acceptors (Lipinski definition) is 8. The zero-order chi connectivity index (χ0) is 23.7. The number of anilines is 3. The summed E-state index contributed by atoms with van der Waals surface area (Å²) in [4.78, 5) is 23.4. The Morgan fingerprint density at radius 2 is 2.21 bits per heavy atom. The molecule has 3 aromatic heterocycles. The second kappa shape index (κ2) is 9.02. The van der Waals surface area contributed by atoms with Crippen LogP contribution in [-0.2, 0) is 0 Å². The highest BCUT2D eigenvalue weighted by atomic mass is 16.5. The zero-order valence-electron chi connectivity index (χ0n) is 19.0. The van der Waals surface area contributed by atoms with Gasteiger partial charge < -0.3 is 29.9 Å². The van der Waals surface area contributed by atoms with E-state index in [1.54, 1.807) is 41.7 Å². The van der Waals surface area contributed by atoms with E-state index in [1.165, 1.54) is 0 Å². The molecule has 3 N–H and O–H groups in total. The van der Waals surface area contributed by atoms with Crippen molar-refractivity contribution >= 4 is 29.0 Å². The molecule has 0 saturated carbocycles. The van der Waals surface area contributed by atoms with Crippen molar-refractivity contribution in [2.24, 2.45) is 0 Å². The summed E-state index contributed by atoms with van der Waals surface area (Å²) < 4.78 is 8.93. The number of carbonyl (C=O) groups excluding carboxylic acids is 1. The monoisotopic (exact) mass is 462 g/mol. The maximum atomic E-state index is 12.2. The van der Waals surface area contributed by atoms with E-state index in [0.717, 1.165) is 30.6 Å². The third-order valence-electron chi connectivity index (χ3n) is 5.97. The predicted molar refractivity (Wildman–Crippen MR) is 127 cm³/mol. The number of aliphatic hydroxyl groups is 1. The highest BCUT2D eigenvalue weighted by molar-refractivity contribution is 5.95. The number of benzene rings is 1. The van der Waals surface area contributed by atoms with E-state index >= 15 is 0 Å². The number of hydrogen-bond donors (Lipinski definition) is 3. The van der Waals surface area contributed by atoms with Gasteiger partial charge in [0.15, 0.2) is 5.82 Å². The summed E-state index contributed by atoms with van der Waals surface area (Å²) in [5, 5.41) is 20.3. The Labute approximate surface area is 196 Å². The van der Waals surface area contributed by atoms with Gasteiger partial charge in [-0.15, -0.1) is 5.10 Å². The SMILES string of the molecule is CNC(=O)c1cc(OC)cc(-n2cnc(Nc3nc(N4CCCC4CO)nn4cccc34)c2)c1. The third kappa shape index (κ3) is 4.01. The third-order valence-corrected chi connectivity index (χ3v) is 5.97. The fraction of sp³-hybridized carbons (Fsp3) is 0.304. The van der Waals surface area contributed by atoms with Gasteiger partial charge in [0.25, 0.3) is 5.91 Å². The number of nitrogens with zero attached hydrogens (tertiary/aromatic N) is 6. The first-order valence-electron chi connectivity index (χ1n) is 11.0. The molecule has 1 unspecified atom stereocenters. The number of aliphatic hydroxyl groups excluding tert-OH is 1. The van der Waals surface area contributed by atoms with Crippen LogP contribution in [0.3, 0.4) is 0 Å². The van der Waals surface area contributed by atoms with Crippen LogP contribution in [0.2, 0.25) is 0 Å². The minimum Gasteiger partial charge on any atom is -0.497 e. The van der Waals surface area contributed by atoms with E-state index in [-0.39, 0.29) is 18.6 Å². The molecule has 4 heterocycles. The van der Waals surface area contributed by atoms with Crippen molar-refractivity contribution in [1.29, 1.82) is 0 Å². The summed E-state index contributed by atoms with van der Waals surface area (Å²) in [6.45, 7) is 0.869. The van der Waals surface area contributed by atoms with Crippen LogP contribution < -0.4 is 20.3 Å². The van der Waals surface area contributed by atoms with Crippen LogP contribution in [0, 0.1) is 0 Å². The molecule has 11 nitrogen and oxygen atoms in total. The van der Waals surface area contributed by atoms with Gasteiger partial charge in [-0.05, 0) is 37.1 Å². The van der Waals surface area contributed by atoms with Gasteiger partial charge in [0.05, 0.1) is 31.6 Å². The first-order chi connectivity index (χ1) is 16.6. The van der Waals surface area contributed by atoms with Gasteiger partial charge in [-0.3, -0.25) is 4.79 Å². The second-order valence-electron chi connectivity index (χ2n) is 8.06. The maximum Gasteiger partial charge on any atom is 0.251 e. The van der Waals surface area contributed by atoms with Crippen LogP contribution in [0.1, 0.15) is 23.2 Å². The number of amides is 1. The molecule has 11 heteroatoms. The van der Waals surface area contributed by atoms with Crippen molar-refractivity contribution in [2.45, 2.75) is 18.9 Å². The largest absolute Gasteiger partial charge is 0.497 e. The van der Waals surface area contributed by atoms with E-state index < -0.39 is 0 Å². The maximum absolute atomic E-state index is 12.2. The van der Waals surface area contributed by atoms with Gasteiger partial charge in [0, 0.05) is 31.4 Å². The molecule has 34 heavy (non-hydrogen) atoms. The van der Waals surface area contributed by atoms with Gasteiger partial charge in [0.2, 0.25) is 5.95 Å². The molecule has 1 fully saturated rings. The average molecular weight is 463 g/mol. The Morgan fingerprint density at radius 3 is 3.00 bits per heavy atom. The topological polar surface area (TPSA) is 122 Å². The molecule has 1 aromatic carbocycles. The Bertz CT molecular complexity index is 1330. The lowest BCUT2D eigenvalue weighted by Gasteiger charge is -2.23. The lowest BCUT2D eigenvalue weighted by Crippen LogP contribution is -2.34. The first-order valence-corrected chi connectivity index (χ1v) is 11.0. The fourth-order valence-corrected chi connectivity index (χ4v) is 4.20. The Kier molecular flexibility index (Phi) is 5.76. The van der Waals surface area contributed by atoms with Gasteiger partial charge >= 0.3 is 0 Å². The van der Waals surface area contributed by atoms with Crippen molar-refractivity contribution in [3.63, 3.8) is 0 Å². The molecule has 1 aliphatic heterocycles. The normalized spacial score (nSPS) is 15.6. The molecule has 0 aliphatic carbocycles. The molecule has 0 bridgehead atoms. The van der Waals surface area contributed by atoms with Crippen LogP contribution >= 0.6 is 0 Å². The zero-order valence-corrected chi connectivity index (χ0v) is 19.0. The number of carbonyl (C=O) groups is 1. The molecule has 1 saturated heterocycles. The molecular formula is C23H26N8O3. The summed E-state index contributed by atoms with van der Waals surface area (Å²) in [5.74, 6) is 2.12. The lowest BCUT2D eigenvalue weighted by molar-refractivity contribution is 0.0962. The fourth-order valence-electron chi connectivity index (χ4n) is 4.20. The van der Waals surface area contributed by atoms with E-state index in [4.69, 9.17) is 9.72 Å². The summed E-state index contributed by atoms with van der Waals surface area (Å²) in [6, 6.07) is 9.12. The number of ether oxygens (including phenoxy) is 1. The molecule has 4 aromatic rings. The van der Waals surface area contributed by atoms with Crippen molar-refractivity contribution in [3.05, 3.63) is 54.6 Å². The Balaban J connectivity index is 1.47. The second-order valence-corrected chi connectivity index (χ2v) is 8.06. The standard InChI is InChI=1S/C23H26N8O3/c1-24-22(33)15-9-17(11-18(10-15)34-2)29-12-20(25-14-29)26-21-19-6-4-8-31(19)28-23(27-21)30-7-3-5-16(30)13-32/h4,6,8-12,14,16,32H,3,5,7,13H2,1-2H3,(H,24,33)(H,26,27,28). The molecule has 176 valence electrons. The Morgan fingerprint density at radius 1 is 1.32 bits per heavy atom. The molecule has 5 rings (SSSR count). The minimum absolute atomic E-state index is 0.0163. The average Bonchev–Trinajstić information content (AvgIpc) is 3.63. The van der Waals surface area contributed by atoms with Crippen LogP contribution in [0.15, 0.2) is 49.1 Å². The van der Waals surface area contributed by atoms with Crippen molar-refractivity contribution < 1.29 is 14.6 Å². The van der Waals surface area contributed by atoms with Gasteiger partial charge in [0.1, 0.15) is 23.4 Å². The summed E-state index contributed by atoms with van der Waals surface area (Å²) in [5.41, 5.74) is 2.03. The van der Waals surface area contributed by atoms with Crippen LogP contribution in [0.25, 0.3) is 11.2 Å². The summed E-state index contributed by atoms with van der Waals surface area (Å²) >= 11 is 0. The number of fused-ring (bicyclic) bond motifs is 1. The number of rotatable bonds is 7.